The first-order valence-electron chi connectivity index (χ1n) is 8.31. The molecule has 4 heteroatoms. The van der Waals surface area contributed by atoms with Crippen LogP contribution in [0.2, 0.25) is 0 Å². The Labute approximate surface area is 147 Å². The van der Waals surface area contributed by atoms with Gasteiger partial charge in [0.1, 0.15) is 0 Å². The number of nitrogens with one attached hydrogen (secondary N) is 1. The number of non-ortho nitro benzene ring substituents is 1. The summed E-state index contributed by atoms with van der Waals surface area (Å²) in [6.07, 6.45) is 1.71. The minimum absolute atomic E-state index is 0.123. The molecule has 0 spiro atoms. The summed E-state index contributed by atoms with van der Waals surface area (Å²) in [5.74, 6) is 0. The third kappa shape index (κ3) is 4.67. The van der Waals surface area contributed by atoms with E-state index >= 15 is 0 Å². The van der Waals surface area contributed by atoms with Gasteiger partial charge in [-0.05, 0) is 35.6 Å². The number of nitrogens with zero attached hydrogens (tertiary/aromatic N) is 1. The molecule has 3 aromatic rings. The van der Waals surface area contributed by atoms with Crippen molar-refractivity contribution < 1.29 is 4.92 Å². The summed E-state index contributed by atoms with van der Waals surface area (Å²) in [6.45, 7) is 0.862. The molecule has 0 aliphatic heterocycles. The van der Waals surface area contributed by atoms with E-state index in [-0.39, 0.29) is 10.6 Å². The number of nitro groups is 1. The zero-order valence-corrected chi connectivity index (χ0v) is 13.9. The van der Waals surface area contributed by atoms with Crippen LogP contribution in [0.5, 0.6) is 0 Å². The van der Waals surface area contributed by atoms with Gasteiger partial charge in [-0.2, -0.15) is 0 Å². The fourth-order valence-electron chi connectivity index (χ4n) is 2.79. The maximum absolute atomic E-state index is 10.8. The van der Waals surface area contributed by atoms with Crippen molar-refractivity contribution >= 4 is 11.4 Å². The van der Waals surface area contributed by atoms with E-state index in [0.717, 1.165) is 30.6 Å². The van der Waals surface area contributed by atoms with Gasteiger partial charge in [-0.3, -0.25) is 10.1 Å². The Hall–Kier alpha value is -3.14. The normalized spacial score (nSPS) is 10.4. The summed E-state index contributed by atoms with van der Waals surface area (Å²) in [5, 5.41) is 14.3. The number of nitro benzene ring substituents is 1. The highest BCUT2D eigenvalue weighted by Gasteiger charge is 2.06. The molecule has 3 aromatic carbocycles. The topological polar surface area (TPSA) is 55.2 Å². The Morgan fingerprint density at radius 3 is 2.20 bits per heavy atom. The quantitative estimate of drug-likeness (QED) is 0.497. The van der Waals surface area contributed by atoms with Gasteiger partial charge in [0.2, 0.25) is 0 Å². The van der Waals surface area contributed by atoms with Crippen LogP contribution in [0.4, 0.5) is 11.4 Å². The Morgan fingerprint density at radius 1 is 0.800 bits per heavy atom. The van der Waals surface area contributed by atoms with Crippen molar-refractivity contribution in [1.82, 2.24) is 0 Å². The second-order valence-electron chi connectivity index (χ2n) is 5.92. The molecule has 0 saturated heterocycles. The molecule has 0 bridgehead atoms. The minimum atomic E-state index is -0.372. The van der Waals surface area contributed by atoms with Crippen LogP contribution in [0.15, 0.2) is 78.9 Å². The van der Waals surface area contributed by atoms with Crippen LogP contribution in [-0.4, -0.2) is 11.5 Å². The Morgan fingerprint density at radius 2 is 1.48 bits per heavy atom. The molecule has 1 N–H and O–H groups in total. The summed E-state index contributed by atoms with van der Waals surface area (Å²) >= 11 is 0. The SMILES string of the molecule is O=[N+]([O-])c1ccc(Cc2ccccc2NCCc2ccccc2)cc1. The minimum Gasteiger partial charge on any atom is -0.384 e. The van der Waals surface area contributed by atoms with E-state index in [9.17, 15) is 10.1 Å². The number of hydrogen-bond donors (Lipinski definition) is 1. The van der Waals surface area contributed by atoms with Gasteiger partial charge >= 0.3 is 0 Å². The second-order valence-corrected chi connectivity index (χ2v) is 5.92. The molecule has 126 valence electrons. The van der Waals surface area contributed by atoms with Gasteiger partial charge in [0, 0.05) is 24.4 Å². The van der Waals surface area contributed by atoms with Crippen molar-refractivity contribution in [3.63, 3.8) is 0 Å². The van der Waals surface area contributed by atoms with Crippen LogP contribution in [0.25, 0.3) is 0 Å². The molecule has 0 aromatic heterocycles. The Bertz CT molecular complexity index is 830. The predicted octanol–water partition coefficient (Wildman–Crippen LogP) is 4.84. The van der Waals surface area contributed by atoms with E-state index in [1.165, 1.54) is 11.1 Å². The predicted molar refractivity (Wildman–Crippen MR) is 101 cm³/mol. The van der Waals surface area contributed by atoms with Gasteiger partial charge in [-0.25, -0.2) is 0 Å². The van der Waals surface area contributed by atoms with Crippen LogP contribution in [0.1, 0.15) is 16.7 Å². The van der Waals surface area contributed by atoms with E-state index in [2.05, 4.69) is 41.7 Å². The van der Waals surface area contributed by atoms with Crippen molar-refractivity contribution in [2.75, 3.05) is 11.9 Å². The van der Waals surface area contributed by atoms with Gasteiger partial charge in [0.05, 0.1) is 4.92 Å². The summed E-state index contributed by atoms with van der Waals surface area (Å²) in [7, 11) is 0. The largest absolute Gasteiger partial charge is 0.384 e. The smallest absolute Gasteiger partial charge is 0.269 e. The lowest BCUT2D eigenvalue weighted by Gasteiger charge is -2.12. The van der Waals surface area contributed by atoms with E-state index in [1.54, 1.807) is 12.1 Å². The Balaban J connectivity index is 1.65. The molecule has 0 fully saturated rings. The first-order valence-corrected chi connectivity index (χ1v) is 8.31. The lowest BCUT2D eigenvalue weighted by atomic mass is 10.0. The third-order valence-corrected chi connectivity index (χ3v) is 4.13. The molecule has 0 unspecified atom stereocenters. The molecule has 0 aliphatic carbocycles. The molecule has 0 heterocycles. The summed E-state index contributed by atoms with van der Waals surface area (Å²) in [4.78, 5) is 10.4. The molecule has 4 nitrogen and oxygen atoms in total. The first-order chi connectivity index (χ1) is 12.2. The molecular weight excluding hydrogens is 312 g/mol. The van der Waals surface area contributed by atoms with E-state index in [0.29, 0.717) is 0 Å². The number of benzene rings is 3. The monoisotopic (exact) mass is 332 g/mol. The number of para-hydroxylation sites is 1. The molecule has 25 heavy (non-hydrogen) atoms. The van der Waals surface area contributed by atoms with Crippen molar-refractivity contribution in [3.8, 4) is 0 Å². The van der Waals surface area contributed by atoms with Crippen molar-refractivity contribution in [2.24, 2.45) is 0 Å². The summed E-state index contributed by atoms with van der Waals surface area (Å²) in [6, 6.07) is 25.3. The van der Waals surface area contributed by atoms with Gasteiger partial charge < -0.3 is 5.32 Å². The molecule has 3 rings (SSSR count). The fourth-order valence-corrected chi connectivity index (χ4v) is 2.79. The highest BCUT2D eigenvalue weighted by Crippen LogP contribution is 2.21. The highest BCUT2D eigenvalue weighted by atomic mass is 16.6. The van der Waals surface area contributed by atoms with Gasteiger partial charge in [-0.15, -0.1) is 0 Å². The average Bonchev–Trinajstić information content (AvgIpc) is 2.64. The van der Waals surface area contributed by atoms with E-state index in [4.69, 9.17) is 0 Å². The first kappa shape index (κ1) is 16.7. The zero-order chi connectivity index (χ0) is 17.5. The van der Waals surface area contributed by atoms with Crippen LogP contribution in [-0.2, 0) is 12.8 Å². The fraction of sp³-hybridized carbons (Fsp3) is 0.143. The van der Waals surface area contributed by atoms with E-state index < -0.39 is 0 Å². The van der Waals surface area contributed by atoms with Gasteiger partial charge in [-0.1, -0.05) is 60.7 Å². The van der Waals surface area contributed by atoms with Crippen LogP contribution < -0.4 is 5.32 Å². The molecule has 0 aliphatic rings. The standard InChI is InChI=1S/C21H20N2O2/c24-23(25)20-12-10-18(11-13-20)16-19-8-4-5-9-21(19)22-15-14-17-6-2-1-3-7-17/h1-13,22H,14-16H2. The highest BCUT2D eigenvalue weighted by molar-refractivity contribution is 5.53. The zero-order valence-electron chi connectivity index (χ0n) is 13.9. The van der Waals surface area contributed by atoms with Crippen molar-refractivity contribution in [3.05, 3.63) is 106 Å². The molecule has 0 amide bonds. The van der Waals surface area contributed by atoms with E-state index in [1.807, 2.05) is 30.3 Å². The molecule has 0 atom stereocenters. The Kier molecular flexibility index (Phi) is 5.42. The van der Waals surface area contributed by atoms with Crippen LogP contribution in [0, 0.1) is 10.1 Å². The average molecular weight is 332 g/mol. The lowest BCUT2D eigenvalue weighted by molar-refractivity contribution is -0.384. The van der Waals surface area contributed by atoms with Crippen LogP contribution in [0.3, 0.4) is 0 Å². The maximum atomic E-state index is 10.8. The maximum Gasteiger partial charge on any atom is 0.269 e. The van der Waals surface area contributed by atoms with Crippen molar-refractivity contribution in [1.29, 1.82) is 0 Å². The van der Waals surface area contributed by atoms with Crippen LogP contribution >= 0.6 is 0 Å². The molecular formula is C21H20N2O2. The van der Waals surface area contributed by atoms with Crippen molar-refractivity contribution in [2.45, 2.75) is 12.8 Å². The molecule has 0 radical (unpaired) electrons. The lowest BCUT2D eigenvalue weighted by Crippen LogP contribution is -2.07. The van der Waals surface area contributed by atoms with Gasteiger partial charge in [0.25, 0.3) is 5.69 Å². The second kappa shape index (κ2) is 8.11. The summed E-state index contributed by atoms with van der Waals surface area (Å²) < 4.78 is 0. The van der Waals surface area contributed by atoms with Gasteiger partial charge in [0.15, 0.2) is 0 Å². The number of anilines is 1. The third-order valence-electron chi connectivity index (χ3n) is 4.13. The molecule has 0 saturated carbocycles. The number of hydrogen-bond acceptors (Lipinski definition) is 3. The number of rotatable bonds is 7. The summed E-state index contributed by atoms with van der Waals surface area (Å²) in [5.41, 5.74) is 4.78.